The minimum Gasteiger partial charge on any atom is -0.356 e. The molecule has 2 atom stereocenters. The van der Waals surface area contributed by atoms with Gasteiger partial charge in [-0.25, -0.2) is 4.68 Å². The zero-order chi connectivity index (χ0) is 19.9. The zero-order valence-electron chi connectivity index (χ0n) is 16.1. The van der Waals surface area contributed by atoms with Crippen molar-refractivity contribution >= 4 is 40.0 Å². The maximum absolute atomic E-state index is 12.6. The number of carbonyl (C=O) groups is 1. The number of thioether (sulfide) groups is 1. The van der Waals surface area contributed by atoms with Crippen molar-refractivity contribution in [1.82, 2.24) is 20.0 Å². The predicted octanol–water partition coefficient (Wildman–Crippen LogP) is 4.44. The van der Waals surface area contributed by atoms with Crippen LogP contribution in [-0.4, -0.2) is 31.1 Å². The number of aromatic nitrogens is 4. The summed E-state index contributed by atoms with van der Waals surface area (Å²) in [7, 11) is 0. The Morgan fingerprint density at radius 2 is 2.00 bits per heavy atom. The molecule has 1 aromatic carbocycles. The van der Waals surface area contributed by atoms with E-state index in [2.05, 4.69) is 51.9 Å². The van der Waals surface area contributed by atoms with Gasteiger partial charge in [0.2, 0.25) is 11.0 Å². The Morgan fingerprint density at radius 3 is 2.75 bits per heavy atom. The number of nitrogens with zero attached hydrogens (tertiary/aromatic N) is 4. The molecule has 2 aromatic heterocycles. The molecular weight excluding hydrogens is 392 g/mol. The smallest absolute Gasteiger partial charge is 0.238 e. The van der Waals surface area contributed by atoms with E-state index in [1.54, 1.807) is 6.20 Å². The lowest BCUT2D eigenvalue weighted by molar-refractivity contribution is -0.115. The first-order chi connectivity index (χ1) is 13.6. The molecule has 2 heterocycles. The van der Waals surface area contributed by atoms with Crippen LogP contribution in [-0.2, 0) is 11.3 Å². The Morgan fingerprint density at radius 1 is 1.21 bits per heavy atom. The number of nitrogens with one attached hydrogen (secondary N) is 2. The number of amides is 1. The molecule has 0 aliphatic carbocycles. The summed E-state index contributed by atoms with van der Waals surface area (Å²) in [6.07, 6.45) is 2.65. The van der Waals surface area contributed by atoms with E-state index in [4.69, 9.17) is 0 Å². The predicted molar refractivity (Wildman–Crippen MR) is 115 cm³/mol. The summed E-state index contributed by atoms with van der Waals surface area (Å²) >= 11 is 2.85. The standard InChI is InChI=1S/C19H24N6OS2/c1-4-13(2)25-16(10-11-21-25)22-17(26)14(3)27-19-24-23-18(28-19)20-12-15-8-6-5-7-9-15/h5-11,13-14H,4,12H2,1-3H3,(H,20,23)(H,22,26)/t13-,14+/m1/s1. The van der Waals surface area contributed by atoms with Gasteiger partial charge >= 0.3 is 0 Å². The SMILES string of the molecule is CC[C@@H](C)n1nccc1NC(=O)[C@H](C)Sc1nnc(NCc2ccccc2)s1. The van der Waals surface area contributed by atoms with Gasteiger partial charge in [-0.15, -0.1) is 10.2 Å². The fraction of sp³-hybridized carbons (Fsp3) is 0.368. The monoisotopic (exact) mass is 416 g/mol. The molecule has 0 aliphatic rings. The highest BCUT2D eigenvalue weighted by molar-refractivity contribution is 8.02. The van der Waals surface area contributed by atoms with Gasteiger partial charge < -0.3 is 10.6 Å². The Kier molecular flexibility index (Phi) is 7.05. The van der Waals surface area contributed by atoms with Crippen molar-refractivity contribution in [2.24, 2.45) is 0 Å². The van der Waals surface area contributed by atoms with Crippen LogP contribution in [0.4, 0.5) is 10.9 Å². The lowest BCUT2D eigenvalue weighted by Crippen LogP contribution is -2.24. The van der Waals surface area contributed by atoms with Crippen LogP contribution in [0.15, 0.2) is 46.9 Å². The Balaban J connectivity index is 1.53. The molecule has 0 unspecified atom stereocenters. The van der Waals surface area contributed by atoms with Gasteiger partial charge in [-0.1, -0.05) is 60.4 Å². The van der Waals surface area contributed by atoms with Crippen molar-refractivity contribution < 1.29 is 4.79 Å². The lowest BCUT2D eigenvalue weighted by Gasteiger charge is -2.15. The van der Waals surface area contributed by atoms with Crippen molar-refractivity contribution in [3.05, 3.63) is 48.2 Å². The maximum Gasteiger partial charge on any atom is 0.238 e. The number of benzene rings is 1. The normalized spacial score (nSPS) is 13.1. The number of rotatable bonds is 9. The molecule has 3 rings (SSSR count). The second-order valence-electron chi connectivity index (χ2n) is 6.38. The summed E-state index contributed by atoms with van der Waals surface area (Å²) < 4.78 is 2.60. The second kappa shape index (κ2) is 9.70. The van der Waals surface area contributed by atoms with E-state index < -0.39 is 0 Å². The first-order valence-corrected chi connectivity index (χ1v) is 10.9. The fourth-order valence-corrected chi connectivity index (χ4v) is 4.36. The highest BCUT2D eigenvalue weighted by Crippen LogP contribution is 2.30. The minimum atomic E-state index is -0.296. The van der Waals surface area contributed by atoms with E-state index >= 15 is 0 Å². The third kappa shape index (κ3) is 5.32. The quantitative estimate of drug-likeness (QED) is 0.502. The van der Waals surface area contributed by atoms with Crippen molar-refractivity contribution in [3.8, 4) is 0 Å². The average Bonchev–Trinajstić information content (AvgIpc) is 3.36. The molecule has 0 bridgehead atoms. The molecule has 7 nitrogen and oxygen atoms in total. The largest absolute Gasteiger partial charge is 0.356 e. The molecule has 148 valence electrons. The van der Waals surface area contributed by atoms with Crippen LogP contribution in [0.3, 0.4) is 0 Å². The minimum absolute atomic E-state index is 0.0796. The van der Waals surface area contributed by atoms with Gasteiger partial charge in [0.1, 0.15) is 5.82 Å². The molecule has 0 spiro atoms. The summed E-state index contributed by atoms with van der Waals surface area (Å²) in [4.78, 5) is 12.6. The summed E-state index contributed by atoms with van der Waals surface area (Å²) in [5, 5.41) is 19.3. The van der Waals surface area contributed by atoms with Crippen molar-refractivity contribution in [2.45, 2.75) is 49.4 Å². The summed E-state index contributed by atoms with van der Waals surface area (Å²) in [6, 6.07) is 12.2. The third-order valence-corrected chi connectivity index (χ3v) is 6.33. The Bertz CT molecular complexity index is 895. The van der Waals surface area contributed by atoms with Crippen LogP contribution >= 0.6 is 23.1 Å². The molecule has 3 aromatic rings. The van der Waals surface area contributed by atoms with Gasteiger partial charge in [-0.2, -0.15) is 5.10 Å². The molecule has 0 fully saturated rings. The van der Waals surface area contributed by atoms with Crippen LogP contribution < -0.4 is 10.6 Å². The van der Waals surface area contributed by atoms with Gasteiger partial charge in [-0.3, -0.25) is 4.79 Å². The highest BCUT2D eigenvalue weighted by Gasteiger charge is 2.19. The van der Waals surface area contributed by atoms with E-state index in [-0.39, 0.29) is 17.2 Å². The topological polar surface area (TPSA) is 84.7 Å². The molecular formula is C19H24N6OS2. The van der Waals surface area contributed by atoms with Crippen LogP contribution in [0.5, 0.6) is 0 Å². The lowest BCUT2D eigenvalue weighted by atomic mass is 10.2. The number of hydrogen-bond donors (Lipinski definition) is 2. The molecule has 0 saturated carbocycles. The molecule has 0 aliphatic heterocycles. The Hall–Kier alpha value is -2.39. The van der Waals surface area contributed by atoms with Crippen molar-refractivity contribution in [2.75, 3.05) is 10.6 Å². The number of anilines is 2. The van der Waals surface area contributed by atoms with Gasteiger partial charge in [0, 0.05) is 12.6 Å². The summed E-state index contributed by atoms with van der Waals surface area (Å²) in [6.45, 7) is 6.72. The first-order valence-electron chi connectivity index (χ1n) is 9.19. The number of hydrogen-bond acceptors (Lipinski definition) is 7. The molecule has 0 radical (unpaired) electrons. The van der Waals surface area contributed by atoms with E-state index in [1.165, 1.54) is 28.7 Å². The van der Waals surface area contributed by atoms with Gasteiger partial charge in [0.25, 0.3) is 0 Å². The van der Waals surface area contributed by atoms with Crippen LogP contribution in [0.25, 0.3) is 0 Å². The third-order valence-electron chi connectivity index (χ3n) is 4.27. The highest BCUT2D eigenvalue weighted by atomic mass is 32.2. The molecule has 28 heavy (non-hydrogen) atoms. The van der Waals surface area contributed by atoms with Crippen LogP contribution in [0.2, 0.25) is 0 Å². The maximum atomic E-state index is 12.6. The molecule has 2 N–H and O–H groups in total. The van der Waals surface area contributed by atoms with Crippen LogP contribution in [0, 0.1) is 0 Å². The first kappa shape index (κ1) is 20.3. The molecule has 1 amide bonds. The van der Waals surface area contributed by atoms with Crippen molar-refractivity contribution in [1.29, 1.82) is 0 Å². The average molecular weight is 417 g/mol. The van der Waals surface area contributed by atoms with Crippen molar-refractivity contribution in [3.63, 3.8) is 0 Å². The van der Waals surface area contributed by atoms with Gasteiger partial charge in [0.05, 0.1) is 17.5 Å². The summed E-state index contributed by atoms with van der Waals surface area (Å²) in [5.41, 5.74) is 1.18. The fourth-order valence-electron chi connectivity index (χ4n) is 2.47. The van der Waals surface area contributed by atoms with E-state index in [0.29, 0.717) is 12.4 Å². The Labute approximate surface area is 173 Å². The van der Waals surface area contributed by atoms with Gasteiger partial charge in [0.15, 0.2) is 4.34 Å². The second-order valence-corrected chi connectivity index (χ2v) is 8.95. The molecule has 0 saturated heterocycles. The van der Waals surface area contributed by atoms with E-state index in [1.807, 2.05) is 35.9 Å². The van der Waals surface area contributed by atoms with Gasteiger partial charge in [-0.05, 0) is 25.8 Å². The number of carbonyl (C=O) groups excluding carboxylic acids is 1. The van der Waals surface area contributed by atoms with Crippen LogP contribution in [0.1, 0.15) is 38.8 Å². The zero-order valence-corrected chi connectivity index (χ0v) is 17.8. The van der Waals surface area contributed by atoms with E-state index in [0.717, 1.165) is 15.9 Å². The summed E-state index contributed by atoms with van der Waals surface area (Å²) in [5.74, 6) is 0.637. The molecule has 9 heteroatoms. The van der Waals surface area contributed by atoms with E-state index in [9.17, 15) is 4.79 Å².